The summed E-state index contributed by atoms with van der Waals surface area (Å²) in [4.78, 5) is 12.3. The third kappa shape index (κ3) is 4.00. The van der Waals surface area contributed by atoms with Crippen LogP contribution in [0.2, 0.25) is 5.02 Å². The smallest absolute Gasteiger partial charge is 0.276 e. The number of carbonyl (C=O) groups excluding carboxylic acids is 1. The lowest BCUT2D eigenvalue weighted by molar-refractivity contribution is 0.102. The van der Waals surface area contributed by atoms with Crippen LogP contribution in [0.25, 0.3) is 0 Å². The highest BCUT2D eigenvalue weighted by Crippen LogP contribution is 2.17. The number of halogens is 1. The topological polar surface area (TPSA) is 74.0 Å². The summed E-state index contributed by atoms with van der Waals surface area (Å²) in [5.74, 6) is 0.344. The molecule has 2 heterocycles. The summed E-state index contributed by atoms with van der Waals surface area (Å²) >= 11 is 5.91. The Morgan fingerprint density at radius 1 is 1.36 bits per heavy atom. The molecule has 0 unspecified atom stereocenters. The van der Waals surface area contributed by atoms with E-state index in [1.165, 1.54) is 4.68 Å². The first-order valence-corrected chi connectivity index (χ1v) is 8.20. The van der Waals surface area contributed by atoms with E-state index in [2.05, 4.69) is 15.5 Å². The van der Waals surface area contributed by atoms with Crippen LogP contribution in [0.4, 0.5) is 5.69 Å². The van der Waals surface area contributed by atoms with Crippen LogP contribution in [0.5, 0.6) is 5.75 Å². The van der Waals surface area contributed by atoms with Crippen molar-refractivity contribution in [2.24, 2.45) is 0 Å². The molecule has 1 N–H and O–H groups in total. The highest BCUT2D eigenvalue weighted by molar-refractivity contribution is 6.30. The number of aryl methyl sites for hydroxylation is 1. The fourth-order valence-corrected chi connectivity index (χ4v) is 2.51. The molecule has 1 aromatic carbocycles. The first kappa shape index (κ1) is 17.0. The first-order valence-electron chi connectivity index (χ1n) is 7.82. The molecule has 0 radical (unpaired) electrons. The van der Waals surface area contributed by atoms with E-state index in [0.29, 0.717) is 22.2 Å². The normalized spacial score (nSPS) is 10.7. The minimum absolute atomic E-state index is 0.181. The number of amides is 1. The van der Waals surface area contributed by atoms with Crippen LogP contribution < -0.4 is 10.1 Å². The summed E-state index contributed by atoms with van der Waals surface area (Å²) in [7, 11) is 0. The standard InChI is InChI=1S/C17H18ClN5O2/c1-3-23-12(2)16(10-19-23)20-17(24)15-7-8-22(21-15)11-25-14-6-4-5-13(18)9-14/h4-10H,3,11H2,1-2H3,(H,20,24). The van der Waals surface area contributed by atoms with Gasteiger partial charge >= 0.3 is 0 Å². The zero-order chi connectivity index (χ0) is 17.8. The molecule has 1 amide bonds. The quantitative estimate of drug-likeness (QED) is 0.732. The van der Waals surface area contributed by atoms with Crippen molar-refractivity contribution >= 4 is 23.2 Å². The summed E-state index contributed by atoms with van der Waals surface area (Å²) in [6.07, 6.45) is 3.32. The lowest BCUT2D eigenvalue weighted by atomic mass is 10.3. The molecule has 0 atom stereocenters. The molecular weight excluding hydrogens is 342 g/mol. The highest BCUT2D eigenvalue weighted by Gasteiger charge is 2.13. The Labute approximate surface area is 150 Å². The molecule has 3 rings (SSSR count). The lowest BCUT2D eigenvalue weighted by Gasteiger charge is -2.06. The van der Waals surface area contributed by atoms with Crippen LogP contribution in [0.15, 0.2) is 42.7 Å². The van der Waals surface area contributed by atoms with Crippen molar-refractivity contribution in [3.63, 3.8) is 0 Å². The number of ether oxygens (including phenoxy) is 1. The summed E-state index contributed by atoms with van der Waals surface area (Å²) in [5, 5.41) is 11.8. The van der Waals surface area contributed by atoms with Gasteiger partial charge in [-0.25, -0.2) is 4.68 Å². The van der Waals surface area contributed by atoms with Gasteiger partial charge in [-0.2, -0.15) is 10.2 Å². The van der Waals surface area contributed by atoms with Gasteiger partial charge in [0.1, 0.15) is 5.75 Å². The molecule has 2 aromatic heterocycles. The number of carbonyl (C=O) groups is 1. The molecular formula is C17H18ClN5O2. The Morgan fingerprint density at radius 2 is 2.20 bits per heavy atom. The Bertz CT molecular complexity index is 887. The predicted octanol–water partition coefficient (Wildman–Crippen LogP) is 3.35. The van der Waals surface area contributed by atoms with E-state index in [0.717, 1.165) is 12.2 Å². The Morgan fingerprint density at radius 3 is 2.92 bits per heavy atom. The summed E-state index contributed by atoms with van der Waals surface area (Å²) < 4.78 is 8.94. The molecule has 0 bridgehead atoms. The van der Waals surface area contributed by atoms with Gasteiger partial charge < -0.3 is 10.1 Å². The molecule has 130 valence electrons. The van der Waals surface area contributed by atoms with Crippen molar-refractivity contribution in [3.05, 3.63) is 59.1 Å². The number of benzene rings is 1. The van der Waals surface area contributed by atoms with Gasteiger partial charge in [-0.3, -0.25) is 9.48 Å². The van der Waals surface area contributed by atoms with Crippen molar-refractivity contribution in [2.75, 3.05) is 5.32 Å². The number of rotatable bonds is 6. The summed E-state index contributed by atoms with van der Waals surface area (Å²) in [5.41, 5.74) is 1.88. The number of nitrogens with one attached hydrogen (secondary N) is 1. The van der Waals surface area contributed by atoms with Crippen LogP contribution in [-0.4, -0.2) is 25.5 Å². The minimum Gasteiger partial charge on any atom is -0.471 e. The minimum atomic E-state index is -0.291. The molecule has 3 aromatic rings. The molecule has 7 nitrogen and oxygen atoms in total. The zero-order valence-corrected chi connectivity index (χ0v) is 14.7. The maximum absolute atomic E-state index is 12.3. The number of aromatic nitrogens is 4. The molecule has 25 heavy (non-hydrogen) atoms. The Kier molecular flexibility index (Phi) is 5.04. The second kappa shape index (κ2) is 7.40. The molecule has 8 heteroatoms. The average molecular weight is 360 g/mol. The highest BCUT2D eigenvalue weighted by atomic mass is 35.5. The predicted molar refractivity (Wildman–Crippen MR) is 94.9 cm³/mol. The van der Waals surface area contributed by atoms with Gasteiger partial charge in [0.05, 0.1) is 17.6 Å². The molecule has 0 fully saturated rings. The van der Waals surface area contributed by atoms with Crippen LogP contribution in [0, 0.1) is 6.92 Å². The monoisotopic (exact) mass is 359 g/mol. The zero-order valence-electron chi connectivity index (χ0n) is 13.9. The van der Waals surface area contributed by atoms with E-state index >= 15 is 0 Å². The fourth-order valence-electron chi connectivity index (χ4n) is 2.33. The second-order valence-corrected chi connectivity index (χ2v) is 5.82. The van der Waals surface area contributed by atoms with Gasteiger partial charge in [-0.1, -0.05) is 17.7 Å². The Balaban J connectivity index is 1.62. The van der Waals surface area contributed by atoms with Gasteiger partial charge in [0.2, 0.25) is 0 Å². The maximum Gasteiger partial charge on any atom is 0.276 e. The molecule has 0 aliphatic heterocycles. The molecule has 0 saturated heterocycles. The number of hydrogen-bond acceptors (Lipinski definition) is 4. The van der Waals surface area contributed by atoms with E-state index in [1.54, 1.807) is 42.7 Å². The number of anilines is 1. The lowest BCUT2D eigenvalue weighted by Crippen LogP contribution is -2.14. The van der Waals surface area contributed by atoms with E-state index in [4.69, 9.17) is 16.3 Å². The van der Waals surface area contributed by atoms with E-state index in [-0.39, 0.29) is 12.6 Å². The van der Waals surface area contributed by atoms with Gasteiger partial charge in [-0.15, -0.1) is 0 Å². The number of hydrogen-bond donors (Lipinski definition) is 1. The molecule has 0 spiro atoms. The Hall–Kier alpha value is -2.80. The molecule has 0 aliphatic carbocycles. The van der Waals surface area contributed by atoms with Crippen molar-refractivity contribution in [3.8, 4) is 5.75 Å². The summed E-state index contributed by atoms with van der Waals surface area (Å²) in [6.45, 7) is 4.83. The van der Waals surface area contributed by atoms with Crippen LogP contribution in [0.3, 0.4) is 0 Å². The van der Waals surface area contributed by atoms with Crippen molar-refractivity contribution < 1.29 is 9.53 Å². The van der Waals surface area contributed by atoms with Crippen LogP contribution in [-0.2, 0) is 13.3 Å². The largest absolute Gasteiger partial charge is 0.471 e. The molecule has 0 saturated carbocycles. The fraction of sp³-hybridized carbons (Fsp3) is 0.235. The van der Waals surface area contributed by atoms with Crippen molar-refractivity contribution in [2.45, 2.75) is 27.1 Å². The van der Waals surface area contributed by atoms with Crippen LogP contribution in [0.1, 0.15) is 23.1 Å². The average Bonchev–Trinajstić information content (AvgIpc) is 3.21. The van der Waals surface area contributed by atoms with Gasteiger partial charge in [-0.05, 0) is 38.1 Å². The van der Waals surface area contributed by atoms with Gasteiger partial charge in [0.25, 0.3) is 5.91 Å². The van der Waals surface area contributed by atoms with E-state index < -0.39 is 0 Å². The van der Waals surface area contributed by atoms with E-state index in [9.17, 15) is 4.79 Å². The number of nitrogens with zero attached hydrogens (tertiary/aromatic N) is 4. The van der Waals surface area contributed by atoms with Crippen LogP contribution >= 0.6 is 11.6 Å². The van der Waals surface area contributed by atoms with E-state index in [1.807, 2.05) is 18.5 Å². The third-order valence-electron chi connectivity index (χ3n) is 3.68. The van der Waals surface area contributed by atoms with Crippen molar-refractivity contribution in [1.29, 1.82) is 0 Å². The summed E-state index contributed by atoms with van der Waals surface area (Å²) in [6, 6.07) is 8.73. The third-order valence-corrected chi connectivity index (χ3v) is 3.92. The maximum atomic E-state index is 12.3. The van der Waals surface area contributed by atoms with Crippen molar-refractivity contribution in [1.82, 2.24) is 19.6 Å². The second-order valence-electron chi connectivity index (χ2n) is 5.38. The van der Waals surface area contributed by atoms with Gasteiger partial charge in [0, 0.05) is 17.8 Å². The first-order chi connectivity index (χ1) is 12.1. The van der Waals surface area contributed by atoms with Gasteiger partial charge in [0.15, 0.2) is 12.4 Å². The molecule has 0 aliphatic rings. The SMILES string of the molecule is CCn1ncc(NC(=O)c2ccn(COc3cccc(Cl)c3)n2)c1C.